The first kappa shape index (κ1) is 24.2. The fourth-order valence-electron chi connectivity index (χ4n) is 6.39. The summed E-state index contributed by atoms with van der Waals surface area (Å²) >= 11 is 0. The van der Waals surface area contributed by atoms with E-state index in [0.717, 1.165) is 53.7 Å². The Morgan fingerprint density at radius 1 is 0.744 bits per heavy atom. The number of hydrogen-bond donors (Lipinski definition) is 4. The van der Waals surface area contributed by atoms with Gasteiger partial charge in [-0.05, 0) is 78.7 Å². The predicted octanol–water partition coefficient (Wildman–Crippen LogP) is 5.20. The van der Waals surface area contributed by atoms with Gasteiger partial charge in [0.05, 0.1) is 11.2 Å². The topological polar surface area (TPSA) is 72.2 Å². The molecule has 3 atom stereocenters. The molecule has 6 heteroatoms. The third kappa shape index (κ3) is 4.64. The van der Waals surface area contributed by atoms with Crippen molar-refractivity contribution in [1.82, 2.24) is 25.8 Å². The van der Waals surface area contributed by atoms with Gasteiger partial charge in [-0.15, -0.1) is 0 Å². The zero-order chi connectivity index (χ0) is 26.3. The molecule has 7 rings (SSSR count). The van der Waals surface area contributed by atoms with Gasteiger partial charge < -0.3 is 25.8 Å². The summed E-state index contributed by atoms with van der Waals surface area (Å²) in [5.74, 6) is 0. The number of aromatic nitrogens is 1. The number of pyridine rings is 1. The molecular weight excluding hydrogens is 482 g/mol. The van der Waals surface area contributed by atoms with Gasteiger partial charge in [0.25, 0.3) is 0 Å². The lowest BCUT2D eigenvalue weighted by Crippen LogP contribution is -2.48. The van der Waals surface area contributed by atoms with Crippen molar-refractivity contribution < 1.29 is 0 Å². The van der Waals surface area contributed by atoms with Gasteiger partial charge in [-0.2, -0.15) is 0 Å². The molecule has 3 aliphatic rings. The second-order valence-corrected chi connectivity index (χ2v) is 11.2. The summed E-state index contributed by atoms with van der Waals surface area (Å²) in [7, 11) is 2.15. The molecular formula is C33H35N5O. The predicted molar refractivity (Wildman–Crippen MR) is 159 cm³/mol. The molecule has 198 valence electrons. The highest BCUT2D eigenvalue weighted by Crippen LogP contribution is 2.30. The summed E-state index contributed by atoms with van der Waals surface area (Å²) < 4.78 is 0. The van der Waals surface area contributed by atoms with E-state index in [0.29, 0.717) is 12.2 Å². The average molecular weight is 518 g/mol. The Hall–Kier alpha value is -3.87. The summed E-state index contributed by atoms with van der Waals surface area (Å²) in [6.45, 7) is 2.11. The molecule has 3 aromatic carbocycles. The van der Waals surface area contributed by atoms with Gasteiger partial charge in [0, 0.05) is 42.5 Å². The van der Waals surface area contributed by atoms with Gasteiger partial charge in [-0.3, -0.25) is 4.79 Å². The van der Waals surface area contributed by atoms with Crippen LogP contribution in [0.25, 0.3) is 38.9 Å². The first-order valence-corrected chi connectivity index (χ1v) is 14.2. The van der Waals surface area contributed by atoms with E-state index in [-0.39, 0.29) is 11.5 Å². The lowest BCUT2D eigenvalue weighted by Gasteiger charge is -2.27. The van der Waals surface area contributed by atoms with Crippen LogP contribution in [0.5, 0.6) is 0 Å². The van der Waals surface area contributed by atoms with Crippen LogP contribution in [0.4, 0.5) is 0 Å². The van der Waals surface area contributed by atoms with E-state index in [4.69, 9.17) is 0 Å². The maximum atomic E-state index is 12.7. The molecule has 6 nitrogen and oxygen atoms in total. The molecule has 0 radical (unpaired) electrons. The lowest BCUT2D eigenvalue weighted by atomic mass is 9.98. The second kappa shape index (κ2) is 10.0. The molecule has 2 saturated heterocycles. The Morgan fingerprint density at radius 2 is 1.38 bits per heavy atom. The number of likely N-dealkylation sites (N-methyl/N-ethyl adjacent to an activating group) is 1. The summed E-state index contributed by atoms with van der Waals surface area (Å²) in [5.41, 5.74) is 8.98. The maximum absolute atomic E-state index is 12.7. The molecule has 4 aromatic rings. The second-order valence-electron chi connectivity index (χ2n) is 11.2. The minimum absolute atomic E-state index is 0.0822. The van der Waals surface area contributed by atoms with Crippen LogP contribution in [0.2, 0.25) is 0 Å². The molecule has 2 unspecified atom stereocenters. The molecule has 3 aliphatic heterocycles. The number of fused-ring (bicyclic) bond motifs is 1. The summed E-state index contributed by atoms with van der Waals surface area (Å²) in [5, 5.41) is 11.6. The summed E-state index contributed by atoms with van der Waals surface area (Å²) in [6.07, 6.45) is 7.21. The van der Waals surface area contributed by atoms with Crippen molar-refractivity contribution in [3.63, 3.8) is 0 Å². The zero-order valence-electron chi connectivity index (χ0n) is 22.3. The molecule has 1 aromatic heterocycles. The third-order valence-corrected chi connectivity index (χ3v) is 8.59. The molecule has 2 fully saturated rings. The molecule has 0 spiro atoms. The number of aromatic amines is 1. The molecule has 0 aliphatic carbocycles. The first-order chi connectivity index (χ1) is 19.1. The van der Waals surface area contributed by atoms with E-state index >= 15 is 0 Å². The van der Waals surface area contributed by atoms with Gasteiger partial charge in [-0.1, -0.05) is 54.6 Å². The van der Waals surface area contributed by atoms with Crippen molar-refractivity contribution in [2.24, 2.45) is 0 Å². The molecule has 0 saturated carbocycles. The van der Waals surface area contributed by atoms with Crippen molar-refractivity contribution in [1.29, 1.82) is 0 Å². The van der Waals surface area contributed by atoms with Crippen molar-refractivity contribution in [2.45, 2.75) is 43.9 Å². The zero-order valence-corrected chi connectivity index (χ0v) is 22.3. The molecule has 0 bridgehead atoms. The largest absolute Gasteiger partial charge is 0.362 e. The van der Waals surface area contributed by atoms with E-state index in [9.17, 15) is 4.79 Å². The van der Waals surface area contributed by atoms with Crippen LogP contribution in [0.1, 0.15) is 43.0 Å². The number of nitrogens with one attached hydrogen (secondary N) is 4. The Balaban J connectivity index is 1.09. The van der Waals surface area contributed by atoms with E-state index in [1.807, 2.05) is 12.1 Å². The van der Waals surface area contributed by atoms with Gasteiger partial charge in [0.1, 0.15) is 6.17 Å². The molecule has 39 heavy (non-hydrogen) atoms. The summed E-state index contributed by atoms with van der Waals surface area (Å²) in [6, 6.07) is 26.1. The van der Waals surface area contributed by atoms with Crippen LogP contribution in [0.3, 0.4) is 0 Å². The Labute approximate surface area is 229 Å². The summed E-state index contributed by atoms with van der Waals surface area (Å²) in [4.78, 5) is 18.6. The van der Waals surface area contributed by atoms with Gasteiger partial charge >= 0.3 is 0 Å². The van der Waals surface area contributed by atoms with Crippen molar-refractivity contribution >= 4 is 16.6 Å². The van der Waals surface area contributed by atoms with Crippen LogP contribution in [0, 0.1) is 0 Å². The van der Waals surface area contributed by atoms with E-state index in [2.05, 4.69) is 93.7 Å². The number of rotatable bonds is 5. The van der Waals surface area contributed by atoms with Crippen molar-refractivity contribution in [3.8, 4) is 22.3 Å². The van der Waals surface area contributed by atoms with Crippen LogP contribution in [-0.2, 0) is 0 Å². The maximum Gasteiger partial charge on any atom is 0.189 e. The number of hydrogen-bond acceptors (Lipinski definition) is 5. The van der Waals surface area contributed by atoms with Crippen LogP contribution in [-0.4, -0.2) is 42.2 Å². The Morgan fingerprint density at radius 3 is 2.05 bits per heavy atom. The number of benzene rings is 3. The Bertz CT molecular complexity index is 1580. The highest BCUT2D eigenvalue weighted by atomic mass is 16.1. The highest BCUT2D eigenvalue weighted by Gasteiger charge is 2.31. The van der Waals surface area contributed by atoms with Crippen LogP contribution in [0.15, 0.2) is 83.8 Å². The van der Waals surface area contributed by atoms with E-state index in [1.54, 1.807) is 6.07 Å². The first-order valence-electron chi connectivity index (χ1n) is 14.2. The van der Waals surface area contributed by atoms with Gasteiger partial charge in [-0.25, -0.2) is 0 Å². The Kier molecular flexibility index (Phi) is 6.22. The monoisotopic (exact) mass is 517 g/mol. The van der Waals surface area contributed by atoms with Gasteiger partial charge in [0.2, 0.25) is 0 Å². The van der Waals surface area contributed by atoms with Crippen LogP contribution < -0.4 is 21.4 Å². The minimum atomic E-state index is 0.0822. The quantitative estimate of drug-likeness (QED) is 0.293. The molecule has 4 N–H and O–H groups in total. The van der Waals surface area contributed by atoms with Crippen LogP contribution >= 0.6 is 0 Å². The normalized spacial score (nSPS) is 22.8. The number of H-pyrrole nitrogens is 1. The lowest BCUT2D eigenvalue weighted by molar-refractivity contribution is 0.268. The van der Waals surface area contributed by atoms with E-state index < -0.39 is 0 Å². The standard InChI is InChI=1S/C33H35N5O/c1-38-20-31(37-33(38)28-5-3-17-35-28)24-12-10-22(11-13-24)21-6-8-23(9-7-21)25-14-15-26-29(18-25)36-30(19-32(26)39)27-4-2-16-34-27/h6-15,18-20,27-28,33-35,37H,2-5,16-17H2,1H3,(H,36,39)/t27?,28-,33?/m0/s1. The van der Waals surface area contributed by atoms with Crippen molar-refractivity contribution in [3.05, 3.63) is 100 Å². The smallest absolute Gasteiger partial charge is 0.189 e. The highest BCUT2D eigenvalue weighted by molar-refractivity contribution is 5.85. The SMILES string of the molecule is CN1C=C(c2ccc(-c3ccc(-c4ccc5c(=O)cc(C6CCCN6)[nH]c5c4)cc3)cc2)NC1[C@@H]1CCCN1. The molecule has 0 amide bonds. The minimum Gasteiger partial charge on any atom is -0.362 e. The molecule has 4 heterocycles. The van der Waals surface area contributed by atoms with Gasteiger partial charge in [0.15, 0.2) is 5.43 Å². The number of nitrogens with zero attached hydrogens (tertiary/aromatic N) is 1. The van der Waals surface area contributed by atoms with Crippen molar-refractivity contribution in [2.75, 3.05) is 20.1 Å². The van der Waals surface area contributed by atoms with E-state index in [1.165, 1.54) is 35.2 Å². The fraction of sp³-hybridized carbons (Fsp3) is 0.303. The fourth-order valence-corrected chi connectivity index (χ4v) is 6.39. The third-order valence-electron chi connectivity index (χ3n) is 8.59. The average Bonchev–Trinajstić information content (AvgIpc) is 3.76.